The van der Waals surface area contributed by atoms with Gasteiger partial charge in [0, 0.05) is 15.6 Å². The van der Waals surface area contributed by atoms with Gasteiger partial charge in [-0.15, -0.1) is 0 Å². The number of fused-ring (bicyclic) bond motifs is 1. The molecule has 1 aromatic heterocycles. The molecule has 0 spiro atoms. The van der Waals surface area contributed by atoms with Crippen LogP contribution in [0.15, 0.2) is 41.0 Å². The van der Waals surface area contributed by atoms with Crippen LogP contribution in [0.1, 0.15) is 0 Å². The monoisotopic (exact) mass is 303 g/mol. The summed E-state index contributed by atoms with van der Waals surface area (Å²) in [5.74, 6) is 0.637. The number of anilines is 1. The maximum absolute atomic E-state index is 10.1. The quantitative estimate of drug-likeness (QED) is 0.646. The smallest absolute Gasteiger partial charge is 0.126 e. The number of hydrogen-bond donors (Lipinski definition) is 3. The van der Waals surface area contributed by atoms with E-state index in [2.05, 4.69) is 26.1 Å². The predicted octanol–water partition coefficient (Wildman–Crippen LogP) is 3.28. The fourth-order valence-corrected chi connectivity index (χ4v) is 2.36. The van der Waals surface area contributed by atoms with Crippen molar-refractivity contribution in [1.29, 1.82) is 0 Å². The predicted molar refractivity (Wildman–Crippen MR) is 75.3 cm³/mol. The molecule has 0 aliphatic rings. The van der Waals surface area contributed by atoms with Crippen molar-refractivity contribution in [3.05, 3.63) is 41.0 Å². The van der Waals surface area contributed by atoms with E-state index in [1.165, 1.54) is 0 Å². The highest BCUT2D eigenvalue weighted by molar-refractivity contribution is 9.10. The second kappa shape index (κ2) is 4.03. The molecule has 90 valence electrons. The summed E-state index contributed by atoms with van der Waals surface area (Å²) in [7, 11) is 0. The lowest BCUT2D eigenvalue weighted by atomic mass is 10.0. The van der Waals surface area contributed by atoms with E-state index in [9.17, 15) is 5.11 Å². The molecule has 2 aromatic carbocycles. The molecule has 4 N–H and O–H groups in total. The summed E-state index contributed by atoms with van der Waals surface area (Å²) < 4.78 is 0.992. The summed E-state index contributed by atoms with van der Waals surface area (Å²) in [6.45, 7) is 0. The lowest BCUT2D eigenvalue weighted by molar-refractivity contribution is 0.478. The highest BCUT2D eigenvalue weighted by atomic mass is 79.9. The first kappa shape index (κ1) is 11.1. The Morgan fingerprint density at radius 3 is 2.67 bits per heavy atom. The number of halogens is 1. The first-order valence-electron chi connectivity index (χ1n) is 5.36. The lowest BCUT2D eigenvalue weighted by Crippen LogP contribution is -1.88. The molecule has 0 unspecified atom stereocenters. The van der Waals surface area contributed by atoms with E-state index in [-0.39, 0.29) is 5.75 Å². The Hall–Kier alpha value is -2.01. The molecule has 0 atom stereocenters. The van der Waals surface area contributed by atoms with Crippen molar-refractivity contribution in [2.24, 2.45) is 0 Å². The van der Waals surface area contributed by atoms with Crippen LogP contribution in [0.4, 0.5) is 5.82 Å². The fourth-order valence-electron chi connectivity index (χ4n) is 1.98. The highest BCUT2D eigenvalue weighted by Gasteiger charge is 2.11. The Kier molecular flexibility index (Phi) is 2.48. The molecule has 5 heteroatoms. The minimum atomic E-state index is 0.193. The van der Waals surface area contributed by atoms with Gasteiger partial charge in [0.2, 0.25) is 0 Å². The lowest BCUT2D eigenvalue weighted by Gasteiger charge is -2.06. The molecule has 0 aliphatic heterocycles. The second-order valence-corrected chi connectivity index (χ2v) is 4.97. The van der Waals surface area contributed by atoms with Crippen molar-refractivity contribution in [2.45, 2.75) is 0 Å². The third-order valence-corrected chi connectivity index (χ3v) is 3.37. The van der Waals surface area contributed by atoms with Crippen molar-refractivity contribution in [3.8, 4) is 16.9 Å². The van der Waals surface area contributed by atoms with E-state index in [4.69, 9.17) is 5.73 Å². The molecule has 0 radical (unpaired) electrons. The number of phenols is 1. The summed E-state index contributed by atoms with van der Waals surface area (Å²) >= 11 is 3.43. The average Bonchev–Trinajstić information content (AvgIpc) is 2.75. The number of hydrogen-bond acceptors (Lipinski definition) is 3. The standard InChI is InChI=1S/C13H10BrN3O/c14-9-2-1-7-5-12(18)10(4-8(7)3-9)11-6-16-17-13(11)15/h1-6,18H,(H3,15,16,17). The van der Waals surface area contributed by atoms with Gasteiger partial charge in [0.25, 0.3) is 0 Å². The maximum atomic E-state index is 10.1. The number of nitrogens with one attached hydrogen (secondary N) is 1. The van der Waals surface area contributed by atoms with Gasteiger partial charge in [0.15, 0.2) is 0 Å². The number of H-pyrrole nitrogens is 1. The van der Waals surface area contributed by atoms with E-state index in [0.717, 1.165) is 15.2 Å². The number of aromatic hydroxyl groups is 1. The molecule has 0 fully saturated rings. The van der Waals surface area contributed by atoms with Crippen LogP contribution in [0.3, 0.4) is 0 Å². The van der Waals surface area contributed by atoms with Gasteiger partial charge in [-0.2, -0.15) is 5.10 Å². The van der Waals surface area contributed by atoms with Crippen molar-refractivity contribution >= 4 is 32.5 Å². The van der Waals surface area contributed by atoms with Gasteiger partial charge < -0.3 is 10.8 Å². The van der Waals surface area contributed by atoms with E-state index in [1.54, 1.807) is 12.3 Å². The van der Waals surface area contributed by atoms with Gasteiger partial charge in [-0.3, -0.25) is 5.10 Å². The van der Waals surface area contributed by atoms with E-state index in [0.29, 0.717) is 16.9 Å². The van der Waals surface area contributed by atoms with Gasteiger partial charge >= 0.3 is 0 Å². The van der Waals surface area contributed by atoms with E-state index < -0.39 is 0 Å². The third kappa shape index (κ3) is 1.73. The number of aromatic amines is 1. The van der Waals surface area contributed by atoms with Crippen molar-refractivity contribution in [2.75, 3.05) is 5.73 Å². The summed E-state index contributed by atoms with van der Waals surface area (Å²) in [5, 5.41) is 18.6. The minimum absolute atomic E-state index is 0.193. The van der Waals surface area contributed by atoms with E-state index in [1.807, 2.05) is 24.3 Å². The molecule has 0 saturated carbocycles. The summed E-state index contributed by atoms with van der Waals surface area (Å²) in [6, 6.07) is 9.50. The Bertz CT molecular complexity index is 736. The zero-order valence-corrected chi connectivity index (χ0v) is 10.9. The molecular weight excluding hydrogens is 294 g/mol. The average molecular weight is 304 g/mol. The number of rotatable bonds is 1. The Labute approximate surface area is 112 Å². The molecule has 4 nitrogen and oxygen atoms in total. The Morgan fingerprint density at radius 1 is 1.11 bits per heavy atom. The molecule has 0 bridgehead atoms. The molecule has 0 saturated heterocycles. The molecule has 18 heavy (non-hydrogen) atoms. The number of phenolic OH excluding ortho intramolecular Hbond substituents is 1. The topological polar surface area (TPSA) is 74.9 Å². The molecule has 0 amide bonds. The maximum Gasteiger partial charge on any atom is 0.126 e. The zero-order chi connectivity index (χ0) is 12.7. The second-order valence-electron chi connectivity index (χ2n) is 4.06. The van der Waals surface area contributed by atoms with Crippen LogP contribution in [0, 0.1) is 0 Å². The van der Waals surface area contributed by atoms with Gasteiger partial charge in [0.05, 0.1) is 6.20 Å². The summed E-state index contributed by atoms with van der Waals surface area (Å²) in [5.41, 5.74) is 7.15. The molecule has 3 aromatic rings. The van der Waals surface area contributed by atoms with Gasteiger partial charge in [-0.25, -0.2) is 0 Å². The van der Waals surface area contributed by atoms with E-state index >= 15 is 0 Å². The SMILES string of the molecule is Nc1[nH]ncc1-c1cc2cc(Br)ccc2cc1O. The number of nitrogen functional groups attached to an aromatic ring is 1. The van der Waals surface area contributed by atoms with Gasteiger partial charge in [0.1, 0.15) is 11.6 Å². The minimum Gasteiger partial charge on any atom is -0.507 e. The summed E-state index contributed by atoms with van der Waals surface area (Å²) in [6.07, 6.45) is 1.61. The van der Waals surface area contributed by atoms with Crippen LogP contribution in [0.5, 0.6) is 5.75 Å². The molecule has 3 rings (SSSR count). The third-order valence-electron chi connectivity index (χ3n) is 2.88. The molecular formula is C13H10BrN3O. The van der Waals surface area contributed by atoms with Gasteiger partial charge in [-0.05, 0) is 35.0 Å². The van der Waals surface area contributed by atoms with Crippen LogP contribution in [-0.4, -0.2) is 15.3 Å². The number of aromatic nitrogens is 2. The van der Waals surface area contributed by atoms with Crippen molar-refractivity contribution in [3.63, 3.8) is 0 Å². The van der Waals surface area contributed by atoms with Crippen LogP contribution in [0.2, 0.25) is 0 Å². The summed E-state index contributed by atoms with van der Waals surface area (Å²) in [4.78, 5) is 0. The highest BCUT2D eigenvalue weighted by Crippen LogP contribution is 2.36. The Morgan fingerprint density at radius 2 is 1.94 bits per heavy atom. The first-order chi connectivity index (χ1) is 8.65. The number of nitrogens with zero attached hydrogens (tertiary/aromatic N) is 1. The molecule has 1 heterocycles. The van der Waals surface area contributed by atoms with Crippen LogP contribution in [0.25, 0.3) is 21.9 Å². The molecule has 0 aliphatic carbocycles. The largest absolute Gasteiger partial charge is 0.507 e. The number of nitrogens with two attached hydrogens (primary N) is 1. The van der Waals surface area contributed by atoms with Crippen LogP contribution >= 0.6 is 15.9 Å². The van der Waals surface area contributed by atoms with Crippen LogP contribution in [-0.2, 0) is 0 Å². The normalized spacial score (nSPS) is 10.9. The van der Waals surface area contributed by atoms with Crippen LogP contribution < -0.4 is 5.73 Å². The van der Waals surface area contributed by atoms with Gasteiger partial charge in [-0.1, -0.05) is 22.0 Å². The first-order valence-corrected chi connectivity index (χ1v) is 6.16. The van der Waals surface area contributed by atoms with Crippen molar-refractivity contribution in [1.82, 2.24) is 10.2 Å². The van der Waals surface area contributed by atoms with Crippen molar-refractivity contribution < 1.29 is 5.11 Å². The zero-order valence-electron chi connectivity index (χ0n) is 9.31. The number of benzene rings is 2. The Balaban J connectivity index is 2.30. The fraction of sp³-hybridized carbons (Fsp3) is 0.